The molecule has 0 spiro atoms. The number of fused-ring (bicyclic) bond motifs is 1. The van der Waals surface area contributed by atoms with Gasteiger partial charge in [0.1, 0.15) is 18.1 Å². The number of hydrogen-bond donors (Lipinski definition) is 0. The van der Waals surface area contributed by atoms with Crippen LogP contribution in [0.4, 0.5) is 0 Å². The number of carbonyl (C=O) groups is 1. The molecule has 3 heterocycles. The van der Waals surface area contributed by atoms with Crippen LogP contribution >= 0.6 is 34.5 Å². The number of hydrogen-bond acceptors (Lipinski definition) is 7. The summed E-state index contributed by atoms with van der Waals surface area (Å²) in [4.78, 5) is 32.3. The molecule has 4 aromatic rings. The van der Waals surface area contributed by atoms with Crippen LogP contribution in [0.25, 0.3) is 17.4 Å². The molecule has 1 unspecified atom stereocenters. The van der Waals surface area contributed by atoms with Crippen molar-refractivity contribution in [1.29, 1.82) is 0 Å². The topological polar surface area (TPSA) is 83.0 Å². The van der Waals surface area contributed by atoms with Crippen LogP contribution in [0.1, 0.15) is 49.6 Å². The number of carbonyl (C=O) groups excluding carboxylic acids is 1. The van der Waals surface area contributed by atoms with E-state index in [0.717, 1.165) is 11.1 Å². The Hall–Kier alpha value is -3.43. The zero-order valence-electron chi connectivity index (χ0n) is 22.9. The molecule has 7 nitrogen and oxygen atoms in total. The van der Waals surface area contributed by atoms with E-state index < -0.39 is 12.0 Å². The van der Waals surface area contributed by atoms with Crippen molar-refractivity contribution in [2.45, 2.75) is 32.7 Å². The lowest BCUT2D eigenvalue weighted by molar-refractivity contribution is -0.140. The van der Waals surface area contributed by atoms with Crippen LogP contribution < -0.4 is 14.9 Å². The maximum absolute atomic E-state index is 13.9. The second-order valence-electron chi connectivity index (χ2n) is 9.86. The van der Waals surface area contributed by atoms with Crippen molar-refractivity contribution < 1.29 is 18.7 Å². The van der Waals surface area contributed by atoms with Gasteiger partial charge in [-0.1, -0.05) is 72.7 Å². The minimum absolute atomic E-state index is 0.0903. The van der Waals surface area contributed by atoms with Gasteiger partial charge in [0.15, 0.2) is 4.80 Å². The van der Waals surface area contributed by atoms with Crippen LogP contribution in [-0.4, -0.2) is 30.9 Å². The van der Waals surface area contributed by atoms with Gasteiger partial charge in [0.2, 0.25) is 0 Å². The first-order valence-corrected chi connectivity index (χ1v) is 14.6. The zero-order valence-corrected chi connectivity index (χ0v) is 25.3. The number of aromatic nitrogens is 1. The van der Waals surface area contributed by atoms with E-state index in [1.807, 2.05) is 24.3 Å². The Morgan fingerprint density at radius 1 is 1.12 bits per heavy atom. The van der Waals surface area contributed by atoms with Gasteiger partial charge in [0.05, 0.1) is 33.5 Å². The van der Waals surface area contributed by atoms with Gasteiger partial charge in [-0.05, 0) is 54.3 Å². The number of nitrogens with zero attached hydrogens (tertiary/aromatic N) is 2. The molecule has 0 aliphatic carbocycles. The van der Waals surface area contributed by atoms with E-state index in [0.29, 0.717) is 53.7 Å². The fourth-order valence-corrected chi connectivity index (χ4v) is 6.06. The molecule has 0 amide bonds. The predicted octanol–water partition coefficient (Wildman–Crippen LogP) is 6.12. The lowest BCUT2D eigenvalue weighted by Crippen LogP contribution is -2.40. The molecule has 1 atom stereocenters. The highest BCUT2D eigenvalue weighted by Crippen LogP contribution is 2.33. The maximum Gasteiger partial charge on any atom is 0.338 e. The number of rotatable bonds is 8. The van der Waals surface area contributed by atoms with E-state index in [-0.39, 0.29) is 18.8 Å². The molecule has 2 aromatic carbocycles. The fourth-order valence-electron chi connectivity index (χ4n) is 4.65. The molecular formula is C31H28Cl2N2O5S. The Morgan fingerprint density at radius 3 is 2.59 bits per heavy atom. The Bertz CT molecular complexity index is 1820. The molecule has 5 rings (SSSR count). The number of benzene rings is 2. The molecule has 1 aliphatic rings. The highest BCUT2D eigenvalue weighted by Gasteiger charge is 2.33. The molecule has 2 aromatic heterocycles. The molecule has 1 aliphatic heterocycles. The normalized spacial score (nSPS) is 15.3. The average molecular weight is 612 g/mol. The minimum atomic E-state index is -0.706. The van der Waals surface area contributed by atoms with Crippen LogP contribution in [0.15, 0.2) is 80.1 Å². The maximum atomic E-state index is 13.9. The van der Waals surface area contributed by atoms with Crippen molar-refractivity contribution in [2.75, 3.05) is 20.3 Å². The lowest BCUT2D eigenvalue weighted by atomic mass is 9.93. The summed E-state index contributed by atoms with van der Waals surface area (Å²) in [7, 11) is 1.54. The standard InChI is InChI=1S/C31H28Cl2N2O5S/c1-17(2)19-5-7-20(8-6-19)28-27(30(37)39-14-13-38-4)18(3)34-31-35(28)29(36)26(41-31)16-22-10-12-25(40-22)23-15-21(32)9-11-24(23)33/h5-12,15-17,28H,13-14H2,1-4H3. The molecule has 212 valence electrons. The van der Waals surface area contributed by atoms with Crippen molar-refractivity contribution in [3.05, 3.63) is 112 Å². The van der Waals surface area contributed by atoms with Crippen molar-refractivity contribution in [1.82, 2.24) is 4.57 Å². The van der Waals surface area contributed by atoms with Crippen LogP contribution in [0.3, 0.4) is 0 Å². The summed E-state index contributed by atoms with van der Waals surface area (Å²) in [5.41, 5.74) is 3.10. The molecule has 0 saturated carbocycles. The van der Waals surface area contributed by atoms with Gasteiger partial charge in [-0.25, -0.2) is 9.79 Å². The summed E-state index contributed by atoms with van der Waals surface area (Å²) in [6.45, 7) is 6.33. The summed E-state index contributed by atoms with van der Waals surface area (Å²) < 4.78 is 18.5. The quantitative estimate of drug-likeness (QED) is 0.177. The molecular weight excluding hydrogens is 583 g/mol. The Kier molecular flexibility index (Phi) is 8.66. The predicted molar refractivity (Wildman–Crippen MR) is 161 cm³/mol. The summed E-state index contributed by atoms with van der Waals surface area (Å²) in [6, 6.07) is 15.9. The Balaban J connectivity index is 1.61. The van der Waals surface area contributed by atoms with Crippen molar-refractivity contribution >= 4 is 46.6 Å². The number of halogens is 2. The largest absolute Gasteiger partial charge is 0.460 e. The van der Waals surface area contributed by atoms with Crippen molar-refractivity contribution in [3.63, 3.8) is 0 Å². The van der Waals surface area contributed by atoms with E-state index in [4.69, 9.17) is 37.1 Å². The first kappa shape index (κ1) is 29.1. The van der Waals surface area contributed by atoms with E-state index in [1.165, 1.54) is 18.4 Å². The SMILES string of the molecule is COCCOC(=O)C1=C(C)N=c2sc(=Cc3ccc(-c4cc(Cl)ccc4Cl)o3)c(=O)n2C1c1ccc(C(C)C)cc1. The van der Waals surface area contributed by atoms with Crippen LogP contribution in [0.2, 0.25) is 10.0 Å². The highest BCUT2D eigenvalue weighted by atomic mass is 35.5. The van der Waals surface area contributed by atoms with Gasteiger partial charge >= 0.3 is 5.97 Å². The molecule has 0 saturated heterocycles. The fraction of sp³-hybridized carbons (Fsp3) is 0.258. The van der Waals surface area contributed by atoms with Gasteiger partial charge in [-0.3, -0.25) is 9.36 Å². The number of allylic oxidation sites excluding steroid dienone is 1. The monoisotopic (exact) mass is 610 g/mol. The number of methoxy groups -OCH3 is 1. The van der Waals surface area contributed by atoms with Crippen LogP contribution in [0, 0.1) is 0 Å². The van der Waals surface area contributed by atoms with Gasteiger partial charge in [0, 0.05) is 23.8 Å². The second-order valence-corrected chi connectivity index (χ2v) is 11.7. The third kappa shape index (κ3) is 5.97. The van der Waals surface area contributed by atoms with Gasteiger partial charge < -0.3 is 13.9 Å². The third-order valence-electron chi connectivity index (χ3n) is 6.78. The van der Waals surface area contributed by atoms with E-state index >= 15 is 0 Å². The number of esters is 1. The van der Waals surface area contributed by atoms with E-state index in [9.17, 15) is 9.59 Å². The zero-order chi connectivity index (χ0) is 29.3. The highest BCUT2D eigenvalue weighted by molar-refractivity contribution is 7.07. The second kappa shape index (κ2) is 12.2. The number of thiazole rings is 1. The number of furan rings is 1. The van der Waals surface area contributed by atoms with Crippen LogP contribution in [0.5, 0.6) is 0 Å². The average Bonchev–Trinajstić information content (AvgIpc) is 3.53. The molecule has 0 radical (unpaired) electrons. The lowest BCUT2D eigenvalue weighted by Gasteiger charge is -2.25. The molecule has 41 heavy (non-hydrogen) atoms. The van der Waals surface area contributed by atoms with Crippen molar-refractivity contribution in [3.8, 4) is 11.3 Å². The molecule has 0 bridgehead atoms. The molecule has 10 heteroatoms. The minimum Gasteiger partial charge on any atom is -0.460 e. The third-order valence-corrected chi connectivity index (χ3v) is 8.32. The summed E-state index contributed by atoms with van der Waals surface area (Å²) >= 11 is 13.7. The Labute approximate surface area is 251 Å². The molecule has 0 N–H and O–H groups in total. The summed E-state index contributed by atoms with van der Waals surface area (Å²) in [6.07, 6.45) is 1.67. The van der Waals surface area contributed by atoms with E-state index in [2.05, 4.69) is 18.8 Å². The summed E-state index contributed by atoms with van der Waals surface area (Å²) in [5, 5.41) is 1.03. The summed E-state index contributed by atoms with van der Waals surface area (Å²) in [5.74, 6) is 0.789. The van der Waals surface area contributed by atoms with Crippen LogP contribution in [-0.2, 0) is 14.3 Å². The van der Waals surface area contributed by atoms with Gasteiger partial charge in [-0.2, -0.15) is 0 Å². The van der Waals surface area contributed by atoms with E-state index in [1.54, 1.807) is 47.9 Å². The van der Waals surface area contributed by atoms with Gasteiger partial charge in [-0.15, -0.1) is 0 Å². The van der Waals surface area contributed by atoms with Crippen molar-refractivity contribution in [2.24, 2.45) is 4.99 Å². The molecule has 0 fully saturated rings. The smallest absolute Gasteiger partial charge is 0.338 e. The van der Waals surface area contributed by atoms with Gasteiger partial charge in [0.25, 0.3) is 5.56 Å². The Morgan fingerprint density at radius 2 is 1.88 bits per heavy atom. The number of ether oxygens (including phenoxy) is 2. The first-order valence-electron chi connectivity index (χ1n) is 13.0. The first-order chi connectivity index (χ1) is 19.7.